The molecule has 1 N–H and O–H groups in total. The first-order valence-electron chi connectivity index (χ1n) is 10.3. The van der Waals surface area contributed by atoms with E-state index in [0.29, 0.717) is 12.1 Å². The summed E-state index contributed by atoms with van der Waals surface area (Å²) in [7, 11) is 0. The van der Waals surface area contributed by atoms with Crippen LogP contribution in [-0.4, -0.2) is 33.4 Å². The number of hydrogen-bond acceptors (Lipinski definition) is 3. The third-order valence-electron chi connectivity index (χ3n) is 5.58. The zero-order chi connectivity index (χ0) is 20.1. The normalized spacial score (nSPS) is 17.2. The van der Waals surface area contributed by atoms with Gasteiger partial charge in [-0.05, 0) is 54.6 Å². The van der Waals surface area contributed by atoms with Gasteiger partial charge >= 0.3 is 0 Å². The van der Waals surface area contributed by atoms with Crippen molar-refractivity contribution in [2.24, 2.45) is 5.92 Å². The molecule has 150 valence electrons. The molecule has 2 aromatic carbocycles. The molecule has 5 heteroatoms. The summed E-state index contributed by atoms with van der Waals surface area (Å²) in [5.41, 5.74) is 4.04. The SMILES string of the molecule is C[C@@H]1CCCN(Cc2ccc(C(=O)NCc3ccccc3-n3ccnc3)cc2)C1. The van der Waals surface area contributed by atoms with Crippen LogP contribution in [0.2, 0.25) is 0 Å². The lowest BCUT2D eigenvalue weighted by Crippen LogP contribution is -2.33. The molecule has 1 amide bonds. The van der Waals surface area contributed by atoms with Crippen molar-refractivity contribution >= 4 is 5.91 Å². The van der Waals surface area contributed by atoms with E-state index in [1.165, 1.54) is 31.5 Å². The molecule has 5 nitrogen and oxygen atoms in total. The molecule has 1 atom stereocenters. The van der Waals surface area contributed by atoms with Crippen LogP contribution in [0, 0.1) is 5.92 Å². The number of benzene rings is 2. The van der Waals surface area contributed by atoms with Crippen molar-refractivity contribution in [1.82, 2.24) is 19.8 Å². The standard InChI is InChI=1S/C24H28N4O/c1-19-5-4-13-27(16-19)17-20-8-10-21(11-9-20)24(29)26-15-22-6-2-3-7-23(22)28-14-12-25-18-28/h2-3,6-12,14,18-19H,4-5,13,15-17H2,1H3,(H,26,29)/t19-/m1/s1. The van der Waals surface area contributed by atoms with Crippen molar-refractivity contribution in [2.75, 3.05) is 13.1 Å². The van der Waals surface area contributed by atoms with Crippen LogP contribution in [0.4, 0.5) is 0 Å². The van der Waals surface area contributed by atoms with Crippen LogP contribution in [0.25, 0.3) is 5.69 Å². The van der Waals surface area contributed by atoms with Gasteiger partial charge in [0.15, 0.2) is 0 Å². The predicted molar refractivity (Wildman–Crippen MR) is 115 cm³/mol. The van der Waals surface area contributed by atoms with E-state index in [0.717, 1.165) is 23.7 Å². The Labute approximate surface area is 172 Å². The maximum Gasteiger partial charge on any atom is 0.251 e. The topological polar surface area (TPSA) is 50.2 Å². The Kier molecular flexibility index (Phi) is 6.06. The summed E-state index contributed by atoms with van der Waals surface area (Å²) in [5.74, 6) is 0.725. The summed E-state index contributed by atoms with van der Waals surface area (Å²) >= 11 is 0. The van der Waals surface area contributed by atoms with Crippen LogP contribution in [0.1, 0.15) is 41.3 Å². The molecule has 0 bridgehead atoms. The largest absolute Gasteiger partial charge is 0.348 e. The van der Waals surface area contributed by atoms with Gasteiger partial charge in [0.2, 0.25) is 0 Å². The van der Waals surface area contributed by atoms with E-state index in [2.05, 4.69) is 34.3 Å². The van der Waals surface area contributed by atoms with E-state index in [1.807, 2.05) is 47.2 Å². The van der Waals surface area contributed by atoms with Crippen molar-refractivity contribution in [3.05, 3.63) is 83.9 Å². The first-order chi connectivity index (χ1) is 14.2. The molecule has 2 heterocycles. The van der Waals surface area contributed by atoms with Gasteiger partial charge in [0, 0.05) is 37.6 Å². The molecule has 0 unspecified atom stereocenters. The number of aromatic nitrogens is 2. The number of nitrogens with zero attached hydrogens (tertiary/aromatic N) is 3. The maximum atomic E-state index is 12.6. The fraction of sp³-hybridized carbons (Fsp3) is 0.333. The van der Waals surface area contributed by atoms with Gasteiger partial charge in [0.25, 0.3) is 5.91 Å². The molecule has 0 spiro atoms. The first-order valence-corrected chi connectivity index (χ1v) is 10.3. The quantitative estimate of drug-likeness (QED) is 0.693. The Morgan fingerprint density at radius 3 is 2.76 bits per heavy atom. The summed E-state index contributed by atoms with van der Waals surface area (Å²) in [6, 6.07) is 16.0. The van der Waals surface area contributed by atoms with E-state index in [9.17, 15) is 4.79 Å². The minimum Gasteiger partial charge on any atom is -0.348 e. The van der Waals surface area contributed by atoms with Gasteiger partial charge in [-0.25, -0.2) is 4.98 Å². The number of piperidine rings is 1. The number of likely N-dealkylation sites (tertiary alicyclic amines) is 1. The van der Waals surface area contributed by atoms with E-state index < -0.39 is 0 Å². The summed E-state index contributed by atoms with van der Waals surface area (Å²) in [6.07, 6.45) is 8.04. The molecule has 1 aliphatic rings. The van der Waals surface area contributed by atoms with Crippen LogP contribution < -0.4 is 5.32 Å². The number of para-hydroxylation sites is 1. The van der Waals surface area contributed by atoms with E-state index in [1.54, 1.807) is 12.5 Å². The van der Waals surface area contributed by atoms with Crippen LogP contribution in [-0.2, 0) is 13.1 Å². The fourth-order valence-electron chi connectivity index (χ4n) is 4.04. The lowest BCUT2D eigenvalue weighted by molar-refractivity contribution is 0.0951. The molecular formula is C24H28N4O. The van der Waals surface area contributed by atoms with Gasteiger partial charge < -0.3 is 9.88 Å². The highest BCUT2D eigenvalue weighted by Gasteiger charge is 2.16. The Morgan fingerprint density at radius 2 is 2.00 bits per heavy atom. The minimum absolute atomic E-state index is 0.0522. The van der Waals surface area contributed by atoms with Crippen LogP contribution in [0.15, 0.2) is 67.3 Å². The smallest absolute Gasteiger partial charge is 0.251 e. The fourth-order valence-corrected chi connectivity index (χ4v) is 4.04. The third kappa shape index (κ3) is 4.93. The Balaban J connectivity index is 1.36. The zero-order valence-electron chi connectivity index (χ0n) is 16.9. The number of carbonyl (C=O) groups is 1. The van der Waals surface area contributed by atoms with Gasteiger partial charge in [0.05, 0.1) is 12.0 Å². The first kappa shape index (κ1) is 19.4. The van der Waals surface area contributed by atoms with Crippen molar-refractivity contribution in [1.29, 1.82) is 0 Å². The maximum absolute atomic E-state index is 12.6. The summed E-state index contributed by atoms with van der Waals surface area (Å²) in [5, 5.41) is 3.04. The summed E-state index contributed by atoms with van der Waals surface area (Å²) < 4.78 is 1.96. The van der Waals surface area contributed by atoms with Crippen LogP contribution in [0.5, 0.6) is 0 Å². The minimum atomic E-state index is -0.0522. The number of imidazole rings is 1. The average Bonchev–Trinajstić information content (AvgIpc) is 3.27. The Morgan fingerprint density at radius 1 is 1.17 bits per heavy atom. The number of hydrogen-bond donors (Lipinski definition) is 1. The number of carbonyl (C=O) groups excluding carboxylic acids is 1. The van der Waals surface area contributed by atoms with Crippen molar-refractivity contribution in [3.8, 4) is 5.69 Å². The molecule has 3 aromatic rings. The van der Waals surface area contributed by atoms with Crippen molar-refractivity contribution in [2.45, 2.75) is 32.9 Å². The second kappa shape index (κ2) is 9.05. The van der Waals surface area contributed by atoms with Crippen molar-refractivity contribution in [3.63, 3.8) is 0 Å². The zero-order valence-corrected chi connectivity index (χ0v) is 16.9. The molecule has 1 aliphatic heterocycles. The van der Waals surface area contributed by atoms with Gasteiger partial charge in [-0.2, -0.15) is 0 Å². The molecule has 1 aromatic heterocycles. The summed E-state index contributed by atoms with van der Waals surface area (Å²) in [4.78, 5) is 19.2. The number of rotatable bonds is 6. The van der Waals surface area contributed by atoms with Crippen LogP contribution in [0.3, 0.4) is 0 Å². The van der Waals surface area contributed by atoms with E-state index >= 15 is 0 Å². The van der Waals surface area contributed by atoms with Gasteiger partial charge in [0.1, 0.15) is 0 Å². The monoisotopic (exact) mass is 388 g/mol. The molecule has 1 saturated heterocycles. The number of amides is 1. The Hall–Kier alpha value is -2.92. The van der Waals surface area contributed by atoms with E-state index in [4.69, 9.17) is 0 Å². The molecule has 29 heavy (non-hydrogen) atoms. The number of nitrogens with one attached hydrogen (secondary N) is 1. The summed E-state index contributed by atoms with van der Waals surface area (Å²) in [6.45, 7) is 6.09. The molecular weight excluding hydrogens is 360 g/mol. The Bertz CT molecular complexity index is 934. The van der Waals surface area contributed by atoms with Gasteiger partial charge in [-0.3, -0.25) is 9.69 Å². The molecule has 0 saturated carbocycles. The van der Waals surface area contributed by atoms with Gasteiger partial charge in [-0.1, -0.05) is 37.3 Å². The molecule has 1 fully saturated rings. The van der Waals surface area contributed by atoms with E-state index in [-0.39, 0.29) is 5.91 Å². The lowest BCUT2D eigenvalue weighted by Gasteiger charge is -2.30. The van der Waals surface area contributed by atoms with Gasteiger partial charge in [-0.15, -0.1) is 0 Å². The third-order valence-corrected chi connectivity index (χ3v) is 5.58. The highest BCUT2D eigenvalue weighted by atomic mass is 16.1. The molecule has 0 radical (unpaired) electrons. The second-order valence-electron chi connectivity index (χ2n) is 7.96. The second-order valence-corrected chi connectivity index (χ2v) is 7.96. The average molecular weight is 389 g/mol. The molecule has 4 rings (SSSR count). The lowest BCUT2D eigenvalue weighted by atomic mass is 9.99. The highest BCUT2D eigenvalue weighted by molar-refractivity contribution is 5.94. The van der Waals surface area contributed by atoms with Crippen LogP contribution >= 0.6 is 0 Å². The molecule has 0 aliphatic carbocycles. The highest BCUT2D eigenvalue weighted by Crippen LogP contribution is 2.18. The predicted octanol–water partition coefficient (Wildman–Crippen LogP) is 4.03. The van der Waals surface area contributed by atoms with Crippen molar-refractivity contribution < 1.29 is 4.79 Å².